The number of carboxylic acids is 1. The minimum Gasteiger partial charge on any atom is -0.490 e. The van der Waals surface area contributed by atoms with E-state index in [4.69, 9.17) is 14.6 Å². The van der Waals surface area contributed by atoms with Crippen LogP contribution in [0.15, 0.2) is 48.5 Å². The van der Waals surface area contributed by atoms with Crippen LogP contribution in [0.5, 0.6) is 5.75 Å². The first-order valence-corrected chi connectivity index (χ1v) is 8.79. The van der Waals surface area contributed by atoms with Crippen molar-refractivity contribution in [3.63, 3.8) is 0 Å². The number of ether oxygens (including phenoxy) is 2. The monoisotopic (exact) mass is 355 g/mol. The molecule has 1 N–H and O–H groups in total. The molecule has 0 aliphatic carbocycles. The zero-order valence-electron chi connectivity index (χ0n) is 15.3. The van der Waals surface area contributed by atoms with Crippen molar-refractivity contribution >= 4 is 5.97 Å². The molecule has 1 aliphatic heterocycles. The second-order valence-electron chi connectivity index (χ2n) is 6.91. The quantitative estimate of drug-likeness (QED) is 0.825. The zero-order chi connectivity index (χ0) is 18.6. The van der Waals surface area contributed by atoms with E-state index in [2.05, 4.69) is 4.90 Å². The van der Waals surface area contributed by atoms with Gasteiger partial charge in [-0.05, 0) is 42.7 Å². The lowest BCUT2D eigenvalue weighted by molar-refractivity contribution is -0.0360. The second-order valence-corrected chi connectivity index (χ2v) is 6.91. The van der Waals surface area contributed by atoms with Crippen molar-refractivity contribution < 1.29 is 19.4 Å². The topological polar surface area (TPSA) is 59.0 Å². The van der Waals surface area contributed by atoms with Gasteiger partial charge in [-0.15, -0.1) is 0 Å². The van der Waals surface area contributed by atoms with E-state index in [9.17, 15) is 4.79 Å². The van der Waals surface area contributed by atoms with E-state index >= 15 is 0 Å². The number of likely N-dealkylation sites (tertiary alicyclic amines) is 1. The maximum absolute atomic E-state index is 11.1. The van der Waals surface area contributed by atoms with Crippen LogP contribution >= 0.6 is 0 Å². The van der Waals surface area contributed by atoms with Gasteiger partial charge in [0.05, 0.1) is 5.56 Å². The van der Waals surface area contributed by atoms with E-state index < -0.39 is 5.97 Å². The number of nitrogens with zero attached hydrogens (tertiary/aromatic N) is 1. The number of benzene rings is 2. The van der Waals surface area contributed by atoms with E-state index in [1.165, 1.54) is 0 Å². The Kier molecular flexibility index (Phi) is 5.59. The predicted molar refractivity (Wildman–Crippen MR) is 99.7 cm³/mol. The molecule has 0 spiro atoms. The van der Waals surface area contributed by atoms with Gasteiger partial charge in [0.25, 0.3) is 0 Å². The third-order valence-electron chi connectivity index (χ3n) is 4.99. The van der Waals surface area contributed by atoms with Crippen LogP contribution in [-0.4, -0.2) is 48.4 Å². The molecule has 1 aliphatic rings. The molecule has 1 fully saturated rings. The summed E-state index contributed by atoms with van der Waals surface area (Å²) in [6.07, 6.45) is 0.883. The van der Waals surface area contributed by atoms with Crippen LogP contribution < -0.4 is 4.74 Å². The Morgan fingerprint density at radius 3 is 2.77 bits per heavy atom. The van der Waals surface area contributed by atoms with Crippen molar-refractivity contribution in [2.75, 3.05) is 26.8 Å². The first-order chi connectivity index (χ1) is 12.5. The highest BCUT2D eigenvalue weighted by molar-refractivity contribution is 5.87. The number of hydrogen-bond donors (Lipinski definition) is 1. The number of aromatic carboxylic acids is 1. The maximum atomic E-state index is 11.1. The van der Waals surface area contributed by atoms with Crippen LogP contribution in [-0.2, 0) is 11.3 Å². The fraction of sp³-hybridized carbons (Fsp3) is 0.381. The highest BCUT2D eigenvalue weighted by Gasteiger charge is 2.39. The second kappa shape index (κ2) is 7.89. The van der Waals surface area contributed by atoms with Crippen LogP contribution in [0.3, 0.4) is 0 Å². The number of carboxylic acid groups (broad SMARTS) is 1. The van der Waals surface area contributed by atoms with Gasteiger partial charge in [-0.1, -0.05) is 30.3 Å². The van der Waals surface area contributed by atoms with Crippen LogP contribution in [0.4, 0.5) is 0 Å². The Labute approximate surface area is 154 Å². The molecular weight excluding hydrogens is 330 g/mol. The number of hydrogen-bond acceptors (Lipinski definition) is 4. The van der Waals surface area contributed by atoms with Gasteiger partial charge in [-0.2, -0.15) is 0 Å². The van der Waals surface area contributed by atoms with E-state index in [-0.39, 0.29) is 5.60 Å². The standard InChI is InChI=1S/C21H25NO4/c1-16-6-3-4-9-19(16)26-15-21(25-2)10-11-22(14-21)13-17-7-5-8-18(12-17)20(23)24/h3-9,12H,10-11,13-15H2,1-2H3,(H,23,24)/t21-/m0/s1. The normalized spacial score (nSPS) is 20.2. The summed E-state index contributed by atoms with van der Waals surface area (Å²) in [4.78, 5) is 13.4. The number of carbonyl (C=O) groups is 1. The summed E-state index contributed by atoms with van der Waals surface area (Å²) < 4.78 is 11.9. The van der Waals surface area contributed by atoms with Gasteiger partial charge in [0.15, 0.2) is 0 Å². The average Bonchev–Trinajstić information content (AvgIpc) is 3.05. The minimum absolute atomic E-state index is 0.322. The molecule has 138 valence electrons. The van der Waals surface area contributed by atoms with Crippen molar-refractivity contribution in [1.82, 2.24) is 4.90 Å². The van der Waals surface area contributed by atoms with Gasteiger partial charge in [0.2, 0.25) is 0 Å². The van der Waals surface area contributed by atoms with Crippen molar-refractivity contribution in [1.29, 1.82) is 0 Å². The SMILES string of the molecule is CO[C@@]1(COc2ccccc2C)CCN(Cc2cccc(C(=O)O)c2)C1. The minimum atomic E-state index is -0.897. The summed E-state index contributed by atoms with van der Waals surface area (Å²) >= 11 is 0. The smallest absolute Gasteiger partial charge is 0.335 e. The van der Waals surface area contributed by atoms with Crippen molar-refractivity contribution in [3.8, 4) is 5.75 Å². The average molecular weight is 355 g/mol. The van der Waals surface area contributed by atoms with E-state index in [1.807, 2.05) is 37.3 Å². The summed E-state index contributed by atoms with van der Waals surface area (Å²) in [5, 5.41) is 9.14. The largest absolute Gasteiger partial charge is 0.490 e. The van der Waals surface area contributed by atoms with Crippen LogP contribution in [0.1, 0.15) is 27.9 Å². The number of para-hydroxylation sites is 1. The summed E-state index contributed by atoms with van der Waals surface area (Å²) in [6.45, 7) is 4.89. The zero-order valence-corrected chi connectivity index (χ0v) is 15.3. The van der Waals surface area contributed by atoms with Crippen LogP contribution in [0.2, 0.25) is 0 Å². The van der Waals surface area contributed by atoms with Gasteiger partial charge in [-0.25, -0.2) is 4.79 Å². The molecule has 1 heterocycles. The van der Waals surface area contributed by atoms with E-state index in [0.29, 0.717) is 18.7 Å². The number of aryl methyl sites for hydroxylation is 1. The first kappa shape index (κ1) is 18.4. The van der Waals surface area contributed by atoms with Gasteiger partial charge in [-0.3, -0.25) is 4.90 Å². The molecule has 0 unspecified atom stereocenters. The Hall–Kier alpha value is -2.37. The molecule has 5 heteroatoms. The molecule has 5 nitrogen and oxygen atoms in total. The third-order valence-corrected chi connectivity index (χ3v) is 4.99. The highest BCUT2D eigenvalue weighted by Crippen LogP contribution is 2.28. The molecule has 0 bridgehead atoms. The van der Waals surface area contributed by atoms with Crippen molar-refractivity contribution in [2.24, 2.45) is 0 Å². The summed E-state index contributed by atoms with van der Waals surface area (Å²) in [7, 11) is 1.73. The molecule has 0 radical (unpaired) electrons. The number of rotatable bonds is 7. The summed E-state index contributed by atoms with van der Waals surface area (Å²) in [5.41, 5.74) is 2.09. The van der Waals surface area contributed by atoms with Crippen LogP contribution in [0.25, 0.3) is 0 Å². The Bertz CT molecular complexity index is 776. The van der Waals surface area contributed by atoms with Gasteiger partial charge < -0.3 is 14.6 Å². The molecule has 0 saturated carbocycles. The van der Waals surface area contributed by atoms with Crippen LogP contribution in [0, 0.1) is 6.92 Å². The third kappa shape index (κ3) is 4.23. The van der Waals surface area contributed by atoms with Crippen molar-refractivity contribution in [3.05, 3.63) is 65.2 Å². The molecule has 3 rings (SSSR count). The van der Waals surface area contributed by atoms with Crippen molar-refractivity contribution in [2.45, 2.75) is 25.5 Å². The fourth-order valence-corrected chi connectivity index (χ4v) is 3.39. The summed E-state index contributed by atoms with van der Waals surface area (Å²) in [6, 6.07) is 15.1. The van der Waals surface area contributed by atoms with Gasteiger partial charge in [0, 0.05) is 26.7 Å². The predicted octanol–water partition coefficient (Wildman–Crippen LogP) is 3.36. The number of methoxy groups -OCH3 is 1. The van der Waals surface area contributed by atoms with E-state index in [0.717, 1.165) is 36.4 Å². The molecule has 2 aromatic carbocycles. The lowest BCUT2D eigenvalue weighted by atomic mass is 10.0. The van der Waals surface area contributed by atoms with Gasteiger partial charge >= 0.3 is 5.97 Å². The van der Waals surface area contributed by atoms with E-state index in [1.54, 1.807) is 25.3 Å². The molecular formula is C21H25NO4. The van der Waals surface area contributed by atoms with Gasteiger partial charge in [0.1, 0.15) is 18.0 Å². The molecule has 26 heavy (non-hydrogen) atoms. The molecule has 0 aromatic heterocycles. The summed E-state index contributed by atoms with van der Waals surface area (Å²) in [5.74, 6) is -0.0114. The molecule has 0 amide bonds. The molecule has 1 saturated heterocycles. The Morgan fingerprint density at radius 1 is 1.23 bits per heavy atom. The molecule has 2 aromatic rings. The first-order valence-electron chi connectivity index (χ1n) is 8.79. The Balaban J connectivity index is 1.62. The molecule has 1 atom stereocenters. The highest BCUT2D eigenvalue weighted by atomic mass is 16.5. The lowest BCUT2D eigenvalue weighted by Gasteiger charge is -2.28. The maximum Gasteiger partial charge on any atom is 0.335 e. The lowest BCUT2D eigenvalue weighted by Crippen LogP contribution is -2.41. The Morgan fingerprint density at radius 2 is 2.04 bits per heavy atom. The fourth-order valence-electron chi connectivity index (χ4n) is 3.39.